The van der Waals surface area contributed by atoms with Crippen molar-refractivity contribution in [3.63, 3.8) is 0 Å². The quantitative estimate of drug-likeness (QED) is 0.818. The van der Waals surface area contributed by atoms with Crippen LogP contribution < -0.4 is 5.32 Å². The Kier molecular flexibility index (Phi) is 3.23. The van der Waals surface area contributed by atoms with Crippen LogP contribution in [-0.4, -0.2) is 16.7 Å². The van der Waals surface area contributed by atoms with E-state index in [2.05, 4.69) is 10.3 Å². The van der Waals surface area contributed by atoms with Crippen molar-refractivity contribution in [1.29, 1.82) is 0 Å². The number of hydrogen-bond acceptors (Lipinski definition) is 2. The van der Waals surface area contributed by atoms with Gasteiger partial charge in [0, 0.05) is 6.92 Å². The second-order valence-corrected chi connectivity index (χ2v) is 3.78. The van der Waals surface area contributed by atoms with Crippen molar-refractivity contribution < 1.29 is 14.0 Å². The number of amides is 1. The summed E-state index contributed by atoms with van der Waals surface area (Å²) in [5, 5.41) is 2.42. The first kappa shape index (κ1) is 12.0. The molecule has 1 aromatic carbocycles. The van der Waals surface area contributed by atoms with E-state index in [9.17, 15) is 14.0 Å². The minimum atomic E-state index is -0.510. The molecule has 0 aliphatic carbocycles. The number of hydrogen-bond donors (Lipinski definition) is 2. The lowest BCUT2D eigenvalue weighted by atomic mass is 10.3. The van der Waals surface area contributed by atoms with Gasteiger partial charge in [-0.25, -0.2) is 4.39 Å². The number of anilines is 1. The van der Waals surface area contributed by atoms with Crippen LogP contribution in [0.1, 0.15) is 27.9 Å². The number of nitrogens with one attached hydrogen (secondary N) is 2. The fourth-order valence-corrected chi connectivity index (χ4v) is 1.49. The maximum absolute atomic E-state index is 13.3. The zero-order valence-electron chi connectivity index (χ0n) is 9.66. The second kappa shape index (κ2) is 4.83. The lowest BCUT2D eigenvalue weighted by Gasteiger charge is -2.04. The molecule has 0 radical (unpaired) electrons. The molecule has 1 amide bonds. The van der Waals surface area contributed by atoms with E-state index in [0.717, 1.165) is 0 Å². The number of carbonyl (C=O) groups excluding carboxylic acids is 2. The zero-order chi connectivity index (χ0) is 13.1. The predicted molar refractivity (Wildman–Crippen MR) is 65.2 cm³/mol. The molecule has 4 nitrogen and oxygen atoms in total. The van der Waals surface area contributed by atoms with Gasteiger partial charge < -0.3 is 10.3 Å². The molecule has 1 aromatic heterocycles. The molecule has 2 N–H and O–H groups in total. The minimum absolute atomic E-state index is 0.0986. The molecule has 92 valence electrons. The van der Waals surface area contributed by atoms with Gasteiger partial charge in [-0.2, -0.15) is 0 Å². The van der Waals surface area contributed by atoms with Gasteiger partial charge >= 0.3 is 0 Å². The number of ketones is 1. The highest BCUT2D eigenvalue weighted by molar-refractivity contribution is 6.04. The summed E-state index contributed by atoms with van der Waals surface area (Å²) in [5.41, 5.74) is 0.651. The Morgan fingerprint density at radius 3 is 2.39 bits per heavy atom. The fraction of sp³-hybridized carbons (Fsp3) is 0.0769. The SMILES string of the molecule is CC(=O)c1ccc(C(=O)Nc2ccccc2F)[nH]1. The molecule has 0 unspecified atom stereocenters. The van der Waals surface area contributed by atoms with Crippen molar-refractivity contribution in [3.05, 3.63) is 53.6 Å². The summed E-state index contributed by atoms with van der Waals surface area (Å²) in [6.07, 6.45) is 0. The summed E-state index contributed by atoms with van der Waals surface area (Å²) >= 11 is 0. The monoisotopic (exact) mass is 246 g/mol. The summed E-state index contributed by atoms with van der Waals surface area (Å²) in [4.78, 5) is 25.5. The Balaban J connectivity index is 2.17. The van der Waals surface area contributed by atoms with Gasteiger partial charge in [-0.15, -0.1) is 0 Å². The Morgan fingerprint density at radius 1 is 1.11 bits per heavy atom. The number of benzene rings is 1. The number of H-pyrrole nitrogens is 1. The molecule has 0 saturated heterocycles. The number of para-hydroxylation sites is 1. The van der Waals surface area contributed by atoms with Gasteiger partial charge in [-0.1, -0.05) is 12.1 Å². The number of Topliss-reactive ketones (excluding diaryl/α,β-unsaturated/α-hetero) is 1. The molecule has 0 spiro atoms. The maximum atomic E-state index is 13.3. The normalized spacial score (nSPS) is 10.1. The topological polar surface area (TPSA) is 62.0 Å². The van der Waals surface area contributed by atoms with Crippen molar-refractivity contribution in [2.45, 2.75) is 6.92 Å². The Labute approximate surface area is 103 Å². The van der Waals surface area contributed by atoms with E-state index in [0.29, 0.717) is 5.69 Å². The maximum Gasteiger partial charge on any atom is 0.272 e. The number of aromatic nitrogens is 1. The Hall–Kier alpha value is -2.43. The highest BCUT2D eigenvalue weighted by atomic mass is 19.1. The molecular formula is C13H11FN2O2. The van der Waals surface area contributed by atoms with Crippen molar-refractivity contribution in [1.82, 2.24) is 4.98 Å². The molecule has 0 saturated carbocycles. The molecule has 2 aromatic rings. The van der Waals surface area contributed by atoms with Crippen LogP contribution in [0.4, 0.5) is 10.1 Å². The van der Waals surface area contributed by atoms with Gasteiger partial charge in [0.05, 0.1) is 11.4 Å². The lowest BCUT2D eigenvalue weighted by molar-refractivity contribution is 0.101. The van der Waals surface area contributed by atoms with Crippen molar-refractivity contribution in [3.8, 4) is 0 Å². The van der Waals surface area contributed by atoms with Gasteiger partial charge in [-0.3, -0.25) is 9.59 Å². The largest absolute Gasteiger partial charge is 0.348 e. The molecule has 0 bridgehead atoms. The van der Waals surface area contributed by atoms with Crippen LogP contribution in [0.2, 0.25) is 0 Å². The van der Waals surface area contributed by atoms with E-state index < -0.39 is 11.7 Å². The number of carbonyl (C=O) groups is 2. The van der Waals surface area contributed by atoms with E-state index in [1.54, 1.807) is 6.07 Å². The van der Waals surface area contributed by atoms with Crippen LogP contribution >= 0.6 is 0 Å². The standard InChI is InChI=1S/C13H11FN2O2/c1-8(17)10-6-7-12(15-10)13(18)16-11-5-3-2-4-9(11)14/h2-7,15H,1H3,(H,16,18). The number of aromatic amines is 1. The van der Waals surface area contributed by atoms with Crippen LogP contribution in [-0.2, 0) is 0 Å². The van der Waals surface area contributed by atoms with Gasteiger partial charge in [0.25, 0.3) is 5.91 Å². The Bertz CT molecular complexity index is 605. The third-order valence-corrected chi connectivity index (χ3v) is 2.43. The number of rotatable bonds is 3. The third-order valence-electron chi connectivity index (χ3n) is 2.43. The van der Waals surface area contributed by atoms with Gasteiger partial charge in [0.1, 0.15) is 11.5 Å². The summed E-state index contributed by atoms with van der Waals surface area (Å²) < 4.78 is 13.3. The average molecular weight is 246 g/mol. The predicted octanol–water partition coefficient (Wildman–Crippen LogP) is 2.61. The van der Waals surface area contributed by atoms with E-state index in [4.69, 9.17) is 0 Å². The van der Waals surface area contributed by atoms with Gasteiger partial charge in [-0.05, 0) is 24.3 Å². The second-order valence-electron chi connectivity index (χ2n) is 3.78. The van der Waals surface area contributed by atoms with Gasteiger partial charge in [0.2, 0.25) is 0 Å². The molecule has 0 fully saturated rings. The molecule has 5 heteroatoms. The summed E-state index contributed by atoms with van der Waals surface area (Å²) in [6, 6.07) is 8.86. The van der Waals surface area contributed by atoms with Crippen LogP contribution in [0.25, 0.3) is 0 Å². The Morgan fingerprint density at radius 2 is 1.78 bits per heavy atom. The van der Waals surface area contributed by atoms with Crippen LogP contribution in [0, 0.1) is 5.82 Å². The smallest absolute Gasteiger partial charge is 0.272 e. The van der Waals surface area contributed by atoms with Crippen LogP contribution in [0.15, 0.2) is 36.4 Å². The van der Waals surface area contributed by atoms with Crippen molar-refractivity contribution in [2.24, 2.45) is 0 Å². The van der Waals surface area contributed by atoms with Crippen molar-refractivity contribution >= 4 is 17.4 Å². The fourth-order valence-electron chi connectivity index (χ4n) is 1.49. The van der Waals surface area contributed by atoms with Crippen molar-refractivity contribution in [2.75, 3.05) is 5.32 Å². The molecule has 0 aliphatic rings. The summed E-state index contributed by atoms with van der Waals surface area (Å²) in [5.74, 6) is -1.17. The lowest BCUT2D eigenvalue weighted by Crippen LogP contribution is -2.13. The first-order valence-corrected chi connectivity index (χ1v) is 5.34. The average Bonchev–Trinajstić information content (AvgIpc) is 2.81. The summed E-state index contributed by atoms with van der Waals surface area (Å²) in [6.45, 7) is 1.39. The van der Waals surface area contributed by atoms with E-state index in [-0.39, 0.29) is 17.2 Å². The van der Waals surface area contributed by atoms with Gasteiger partial charge in [0.15, 0.2) is 5.78 Å². The first-order chi connectivity index (χ1) is 8.58. The van der Waals surface area contributed by atoms with Crippen LogP contribution in [0.3, 0.4) is 0 Å². The van der Waals surface area contributed by atoms with Crippen LogP contribution in [0.5, 0.6) is 0 Å². The minimum Gasteiger partial charge on any atom is -0.348 e. The molecule has 0 atom stereocenters. The summed E-state index contributed by atoms with van der Waals surface area (Å²) in [7, 11) is 0. The molecule has 1 heterocycles. The molecule has 2 rings (SSSR count). The highest BCUT2D eigenvalue weighted by Gasteiger charge is 2.12. The third kappa shape index (κ3) is 2.45. The first-order valence-electron chi connectivity index (χ1n) is 5.34. The van der Waals surface area contributed by atoms with E-state index >= 15 is 0 Å². The number of halogens is 1. The highest BCUT2D eigenvalue weighted by Crippen LogP contribution is 2.14. The van der Waals surface area contributed by atoms with E-state index in [1.165, 1.54) is 37.3 Å². The van der Waals surface area contributed by atoms with E-state index in [1.807, 2.05) is 0 Å². The molecular weight excluding hydrogens is 235 g/mol. The molecule has 0 aliphatic heterocycles. The zero-order valence-corrected chi connectivity index (χ0v) is 9.66. The molecule has 18 heavy (non-hydrogen) atoms.